The third kappa shape index (κ3) is 5.34. The van der Waals surface area contributed by atoms with Crippen molar-refractivity contribution in [3.05, 3.63) is 35.9 Å². The molecule has 0 aliphatic carbocycles. The van der Waals surface area contributed by atoms with E-state index in [1.165, 1.54) is 5.56 Å². The molecule has 1 unspecified atom stereocenters. The zero-order chi connectivity index (χ0) is 15.1. The minimum atomic E-state index is -0.374. The van der Waals surface area contributed by atoms with Crippen LogP contribution in [0.25, 0.3) is 0 Å². The number of likely N-dealkylation sites (tertiary alicyclic amines) is 1. The molecule has 0 radical (unpaired) electrons. The Bertz CT molecular complexity index is 440. The first-order valence-electron chi connectivity index (χ1n) is 7.50. The Morgan fingerprint density at radius 3 is 2.95 bits per heavy atom. The minimum Gasteiger partial charge on any atom is -0.351 e. The van der Waals surface area contributed by atoms with Crippen LogP contribution in [0, 0.1) is 0 Å². The number of hydrogen-bond donors (Lipinski definition) is 2. The highest BCUT2D eigenvalue weighted by atomic mass is 32.2. The van der Waals surface area contributed by atoms with Crippen molar-refractivity contribution >= 4 is 17.7 Å². The van der Waals surface area contributed by atoms with Gasteiger partial charge in [0.25, 0.3) is 0 Å². The maximum atomic E-state index is 12.0. The molecule has 1 fully saturated rings. The fourth-order valence-corrected chi connectivity index (χ4v) is 3.11. The van der Waals surface area contributed by atoms with E-state index in [9.17, 15) is 4.79 Å². The molecule has 21 heavy (non-hydrogen) atoms. The van der Waals surface area contributed by atoms with Gasteiger partial charge in [0, 0.05) is 25.7 Å². The van der Waals surface area contributed by atoms with Crippen molar-refractivity contribution in [2.45, 2.75) is 31.5 Å². The van der Waals surface area contributed by atoms with Crippen LogP contribution in [0.15, 0.2) is 30.3 Å². The van der Waals surface area contributed by atoms with Crippen LogP contribution in [-0.4, -0.2) is 48.0 Å². The summed E-state index contributed by atoms with van der Waals surface area (Å²) in [5, 5.41) is 3.09. The zero-order valence-electron chi connectivity index (χ0n) is 12.6. The first kappa shape index (κ1) is 16.3. The molecule has 1 aromatic carbocycles. The van der Waals surface area contributed by atoms with Gasteiger partial charge >= 0.3 is 0 Å². The van der Waals surface area contributed by atoms with Gasteiger partial charge in [0.2, 0.25) is 5.91 Å². The van der Waals surface area contributed by atoms with Gasteiger partial charge in [-0.1, -0.05) is 30.3 Å². The largest absolute Gasteiger partial charge is 0.351 e. The van der Waals surface area contributed by atoms with E-state index in [0.29, 0.717) is 0 Å². The van der Waals surface area contributed by atoms with E-state index in [1.807, 2.05) is 12.3 Å². The Morgan fingerprint density at radius 2 is 2.24 bits per heavy atom. The quantitative estimate of drug-likeness (QED) is 0.801. The van der Waals surface area contributed by atoms with Gasteiger partial charge < -0.3 is 11.1 Å². The van der Waals surface area contributed by atoms with Gasteiger partial charge in [-0.25, -0.2) is 0 Å². The Kier molecular flexibility index (Phi) is 6.54. The van der Waals surface area contributed by atoms with Crippen molar-refractivity contribution in [1.82, 2.24) is 10.2 Å². The van der Waals surface area contributed by atoms with Crippen LogP contribution >= 0.6 is 11.8 Å². The predicted molar refractivity (Wildman–Crippen MR) is 89.2 cm³/mol. The normalized spacial score (nSPS) is 20.4. The number of nitrogens with zero attached hydrogens (tertiary/aromatic N) is 1. The number of thioether (sulfide) groups is 1. The van der Waals surface area contributed by atoms with E-state index in [4.69, 9.17) is 5.73 Å². The lowest BCUT2D eigenvalue weighted by Crippen LogP contribution is -2.46. The Hall–Kier alpha value is -1.04. The van der Waals surface area contributed by atoms with Crippen molar-refractivity contribution < 1.29 is 4.79 Å². The predicted octanol–water partition coefficient (Wildman–Crippen LogP) is 1.46. The molecule has 4 nitrogen and oxygen atoms in total. The molecule has 1 amide bonds. The minimum absolute atomic E-state index is 0.00406. The highest BCUT2D eigenvalue weighted by Gasteiger charge is 2.25. The van der Waals surface area contributed by atoms with Crippen molar-refractivity contribution in [3.8, 4) is 0 Å². The van der Waals surface area contributed by atoms with Gasteiger partial charge in [0.15, 0.2) is 0 Å². The van der Waals surface area contributed by atoms with Gasteiger partial charge in [-0.2, -0.15) is 11.8 Å². The maximum Gasteiger partial charge on any atom is 0.237 e. The second kappa shape index (κ2) is 8.41. The van der Waals surface area contributed by atoms with Gasteiger partial charge in [-0.3, -0.25) is 9.69 Å². The summed E-state index contributed by atoms with van der Waals surface area (Å²) in [6.45, 7) is 2.89. The second-order valence-electron chi connectivity index (χ2n) is 5.60. The molecule has 1 saturated heterocycles. The van der Waals surface area contributed by atoms with Gasteiger partial charge in [0.1, 0.15) is 0 Å². The molecule has 0 bridgehead atoms. The van der Waals surface area contributed by atoms with Crippen molar-refractivity contribution in [2.24, 2.45) is 5.73 Å². The van der Waals surface area contributed by atoms with Crippen molar-refractivity contribution in [2.75, 3.05) is 25.1 Å². The van der Waals surface area contributed by atoms with E-state index >= 15 is 0 Å². The molecule has 1 aliphatic heterocycles. The molecule has 3 N–H and O–H groups in total. The fourth-order valence-electron chi connectivity index (χ4n) is 2.62. The number of carbonyl (C=O) groups excluding carboxylic acids is 1. The second-order valence-corrected chi connectivity index (χ2v) is 6.59. The standard InChI is InChI=1S/C16H25N3OS/c1-21-10-8-15(17)16(20)18-14-7-9-19(12-14)11-13-5-3-2-4-6-13/h2-6,14-15H,7-12,17H2,1H3,(H,18,20)/t14?,15-/m0/s1. The average Bonchev–Trinajstić information content (AvgIpc) is 2.92. The summed E-state index contributed by atoms with van der Waals surface area (Å²) in [6.07, 6.45) is 3.78. The first-order valence-corrected chi connectivity index (χ1v) is 8.89. The van der Waals surface area contributed by atoms with Crippen LogP contribution in [0.4, 0.5) is 0 Å². The van der Waals surface area contributed by atoms with E-state index < -0.39 is 0 Å². The molecule has 0 saturated carbocycles. The lowest BCUT2D eigenvalue weighted by molar-refractivity contribution is -0.123. The highest BCUT2D eigenvalue weighted by Crippen LogP contribution is 2.13. The molecule has 5 heteroatoms. The molecule has 1 heterocycles. The van der Waals surface area contributed by atoms with Crippen LogP contribution in [-0.2, 0) is 11.3 Å². The number of nitrogens with two attached hydrogens (primary N) is 1. The Balaban J connectivity index is 1.73. The number of carbonyl (C=O) groups is 1. The van der Waals surface area contributed by atoms with Crippen molar-refractivity contribution in [3.63, 3.8) is 0 Å². The molecular formula is C16H25N3OS. The topological polar surface area (TPSA) is 58.4 Å². The van der Waals surface area contributed by atoms with Gasteiger partial charge in [0.05, 0.1) is 6.04 Å². The van der Waals surface area contributed by atoms with E-state index in [1.54, 1.807) is 11.8 Å². The van der Waals surface area contributed by atoms with E-state index in [0.717, 1.165) is 38.2 Å². The third-order valence-electron chi connectivity index (χ3n) is 3.84. The van der Waals surface area contributed by atoms with Crippen LogP contribution in [0.5, 0.6) is 0 Å². The van der Waals surface area contributed by atoms with Crippen LogP contribution in [0.1, 0.15) is 18.4 Å². The smallest absolute Gasteiger partial charge is 0.237 e. The molecule has 1 aliphatic rings. The number of amides is 1. The molecule has 2 atom stereocenters. The summed E-state index contributed by atoms with van der Waals surface area (Å²) in [7, 11) is 0. The number of benzene rings is 1. The number of hydrogen-bond acceptors (Lipinski definition) is 4. The Labute approximate surface area is 131 Å². The molecule has 116 valence electrons. The first-order chi connectivity index (χ1) is 10.2. The van der Waals surface area contributed by atoms with Gasteiger partial charge in [-0.15, -0.1) is 0 Å². The van der Waals surface area contributed by atoms with Crippen LogP contribution in [0.3, 0.4) is 0 Å². The summed E-state index contributed by atoms with van der Waals surface area (Å²) >= 11 is 1.72. The summed E-state index contributed by atoms with van der Waals surface area (Å²) < 4.78 is 0. The van der Waals surface area contributed by atoms with E-state index in [-0.39, 0.29) is 18.0 Å². The average molecular weight is 307 g/mol. The molecule has 2 rings (SSSR count). The van der Waals surface area contributed by atoms with Gasteiger partial charge in [-0.05, 0) is 30.4 Å². The Morgan fingerprint density at radius 1 is 1.48 bits per heavy atom. The molecule has 0 aromatic heterocycles. The third-order valence-corrected chi connectivity index (χ3v) is 4.48. The molecular weight excluding hydrogens is 282 g/mol. The fraction of sp³-hybridized carbons (Fsp3) is 0.562. The summed E-state index contributed by atoms with van der Waals surface area (Å²) in [6, 6.07) is 10.3. The SMILES string of the molecule is CSCC[C@H](N)C(=O)NC1CCN(Cc2ccccc2)C1. The lowest BCUT2D eigenvalue weighted by Gasteiger charge is -2.18. The van der Waals surface area contributed by atoms with Crippen molar-refractivity contribution in [1.29, 1.82) is 0 Å². The van der Waals surface area contributed by atoms with E-state index in [2.05, 4.69) is 34.5 Å². The van der Waals surface area contributed by atoms with Crippen LogP contribution < -0.4 is 11.1 Å². The molecule has 0 spiro atoms. The zero-order valence-corrected chi connectivity index (χ0v) is 13.4. The molecule has 1 aromatic rings. The monoisotopic (exact) mass is 307 g/mol. The number of nitrogens with one attached hydrogen (secondary N) is 1. The summed E-state index contributed by atoms with van der Waals surface area (Å²) in [5.74, 6) is 0.926. The lowest BCUT2D eigenvalue weighted by atomic mass is 10.2. The maximum absolute atomic E-state index is 12.0. The van der Waals surface area contributed by atoms with Crippen LogP contribution in [0.2, 0.25) is 0 Å². The highest BCUT2D eigenvalue weighted by molar-refractivity contribution is 7.98. The number of rotatable bonds is 7. The summed E-state index contributed by atoms with van der Waals surface area (Å²) in [5.41, 5.74) is 7.22. The summed E-state index contributed by atoms with van der Waals surface area (Å²) in [4.78, 5) is 14.4.